The van der Waals surface area contributed by atoms with Gasteiger partial charge in [-0.05, 0) is 62.6 Å². The number of aromatic hydroxyl groups is 1. The summed E-state index contributed by atoms with van der Waals surface area (Å²) >= 11 is 0. The molecule has 2 aromatic carbocycles. The molecule has 2 saturated heterocycles. The summed E-state index contributed by atoms with van der Waals surface area (Å²) in [7, 11) is 1.55. The summed E-state index contributed by atoms with van der Waals surface area (Å²) in [4.78, 5) is 17.1. The average molecular weight is 615 g/mol. The van der Waals surface area contributed by atoms with E-state index in [4.69, 9.17) is 14.2 Å². The minimum Gasteiger partial charge on any atom is -0.503 e. The number of piperidine rings is 1. The molecule has 1 N–H and O–H groups in total. The van der Waals surface area contributed by atoms with Crippen molar-refractivity contribution >= 4 is 17.3 Å². The second-order valence-corrected chi connectivity index (χ2v) is 12.6. The molecule has 2 aromatic rings. The summed E-state index contributed by atoms with van der Waals surface area (Å²) < 4.78 is 48.3. The SMILES string of the molecule is CCCCOC(CC1CCN(c2cc(OC)c([C@@H]3N(c4cccc(F)c4O)C(=O)C34CCCC4)cc2F)CC1)OCCCC. The molecule has 1 aliphatic carbocycles. The van der Waals surface area contributed by atoms with Gasteiger partial charge in [-0.25, -0.2) is 8.78 Å². The highest BCUT2D eigenvalue weighted by atomic mass is 19.1. The number of ether oxygens (including phenoxy) is 3. The maximum atomic E-state index is 16.0. The molecule has 1 atom stereocenters. The predicted molar refractivity (Wildman–Crippen MR) is 167 cm³/mol. The number of unbranched alkanes of at least 4 members (excludes halogenated alkanes) is 2. The Morgan fingerprint density at radius 3 is 2.25 bits per heavy atom. The van der Waals surface area contributed by atoms with Crippen LogP contribution < -0.4 is 14.5 Å². The number of β-lactam (4-membered cyclic amide) rings is 1. The van der Waals surface area contributed by atoms with Crippen molar-refractivity contribution in [3.05, 3.63) is 47.5 Å². The number of hydrogen-bond acceptors (Lipinski definition) is 6. The molecule has 2 aliphatic heterocycles. The molecule has 0 bridgehead atoms. The van der Waals surface area contributed by atoms with Crippen molar-refractivity contribution < 1.29 is 32.9 Å². The summed E-state index contributed by atoms with van der Waals surface area (Å²) in [5.74, 6) is -0.999. The topological polar surface area (TPSA) is 71.5 Å². The first-order chi connectivity index (χ1) is 21.3. The van der Waals surface area contributed by atoms with Gasteiger partial charge in [0.1, 0.15) is 11.6 Å². The molecule has 3 fully saturated rings. The molecule has 1 spiro atoms. The third-order valence-corrected chi connectivity index (χ3v) is 9.83. The minimum absolute atomic E-state index is 0.0989. The number of halogens is 2. The average Bonchev–Trinajstić information content (AvgIpc) is 3.54. The molecule has 1 amide bonds. The number of hydrogen-bond donors (Lipinski definition) is 1. The van der Waals surface area contributed by atoms with Gasteiger partial charge in [0.25, 0.3) is 0 Å². The quantitative estimate of drug-likeness (QED) is 0.133. The van der Waals surface area contributed by atoms with Crippen molar-refractivity contribution in [3.8, 4) is 11.5 Å². The van der Waals surface area contributed by atoms with Crippen molar-refractivity contribution in [1.29, 1.82) is 0 Å². The molecule has 2 heterocycles. The highest BCUT2D eigenvalue weighted by Gasteiger charge is 2.63. The number of phenolic OH excluding ortho intramolecular Hbond substituents is 1. The van der Waals surface area contributed by atoms with E-state index in [9.17, 15) is 14.3 Å². The number of benzene rings is 2. The highest BCUT2D eigenvalue weighted by molar-refractivity contribution is 6.07. The van der Waals surface area contributed by atoms with Gasteiger partial charge in [-0.3, -0.25) is 9.69 Å². The van der Waals surface area contributed by atoms with Crippen LogP contribution in [-0.2, 0) is 14.3 Å². The number of methoxy groups -OCH3 is 1. The van der Waals surface area contributed by atoms with E-state index >= 15 is 4.39 Å². The van der Waals surface area contributed by atoms with Crippen LogP contribution in [0.4, 0.5) is 20.2 Å². The maximum Gasteiger partial charge on any atom is 0.236 e. The summed E-state index contributed by atoms with van der Waals surface area (Å²) in [6, 6.07) is 6.81. The molecular weight excluding hydrogens is 566 g/mol. The second kappa shape index (κ2) is 14.5. The molecule has 242 valence electrons. The van der Waals surface area contributed by atoms with Crippen LogP contribution in [0, 0.1) is 23.0 Å². The van der Waals surface area contributed by atoms with Crippen molar-refractivity contribution in [1.82, 2.24) is 0 Å². The van der Waals surface area contributed by atoms with Crippen LogP contribution in [0.3, 0.4) is 0 Å². The number of carbonyl (C=O) groups is 1. The van der Waals surface area contributed by atoms with E-state index in [-0.39, 0.29) is 23.7 Å². The highest BCUT2D eigenvalue weighted by Crippen LogP contribution is 2.62. The number of nitrogens with zero attached hydrogens (tertiary/aromatic N) is 2. The molecule has 1 saturated carbocycles. The fourth-order valence-corrected chi connectivity index (χ4v) is 7.31. The van der Waals surface area contributed by atoms with Gasteiger partial charge in [-0.15, -0.1) is 0 Å². The Balaban J connectivity index is 1.33. The lowest BCUT2D eigenvalue weighted by Gasteiger charge is -2.55. The Hall–Kier alpha value is -2.91. The molecule has 5 rings (SSSR count). The number of rotatable bonds is 14. The van der Waals surface area contributed by atoms with Crippen molar-refractivity contribution in [2.24, 2.45) is 11.3 Å². The van der Waals surface area contributed by atoms with Gasteiger partial charge >= 0.3 is 0 Å². The number of carbonyl (C=O) groups excluding carboxylic acids is 1. The zero-order valence-electron chi connectivity index (χ0n) is 26.5. The van der Waals surface area contributed by atoms with Crippen molar-refractivity contribution in [2.45, 2.75) is 96.8 Å². The molecule has 44 heavy (non-hydrogen) atoms. The van der Waals surface area contributed by atoms with Gasteiger partial charge in [-0.2, -0.15) is 0 Å². The zero-order valence-corrected chi connectivity index (χ0v) is 26.5. The van der Waals surface area contributed by atoms with Crippen LogP contribution in [0.1, 0.15) is 96.1 Å². The van der Waals surface area contributed by atoms with E-state index in [0.717, 1.165) is 63.9 Å². The lowest BCUT2D eigenvalue weighted by atomic mass is 9.66. The van der Waals surface area contributed by atoms with E-state index < -0.39 is 23.0 Å². The van der Waals surface area contributed by atoms with Crippen LogP contribution in [0.5, 0.6) is 11.5 Å². The second-order valence-electron chi connectivity index (χ2n) is 12.6. The van der Waals surface area contributed by atoms with E-state index in [1.54, 1.807) is 13.2 Å². The maximum absolute atomic E-state index is 16.0. The number of phenols is 1. The molecule has 3 aliphatic rings. The first kappa shape index (κ1) is 32.5. The van der Waals surface area contributed by atoms with Crippen LogP contribution in [-0.4, -0.2) is 50.7 Å². The first-order valence-electron chi connectivity index (χ1n) is 16.5. The fraction of sp³-hybridized carbons (Fsp3) is 0.629. The van der Waals surface area contributed by atoms with Crippen molar-refractivity contribution in [3.63, 3.8) is 0 Å². The third kappa shape index (κ3) is 6.41. The van der Waals surface area contributed by atoms with Gasteiger partial charge in [0.15, 0.2) is 17.9 Å². The van der Waals surface area contributed by atoms with E-state index in [0.29, 0.717) is 62.1 Å². The number of anilines is 2. The lowest BCUT2D eigenvalue weighted by Crippen LogP contribution is -2.62. The normalized spacial score (nSPS) is 20.1. The van der Waals surface area contributed by atoms with Gasteiger partial charge < -0.3 is 24.2 Å². The summed E-state index contributed by atoms with van der Waals surface area (Å²) in [5, 5.41) is 10.5. The first-order valence-corrected chi connectivity index (χ1v) is 16.5. The molecule has 0 aromatic heterocycles. The Bertz CT molecular complexity index is 1270. The zero-order chi connectivity index (χ0) is 31.3. The molecule has 0 radical (unpaired) electrons. The number of amides is 1. The van der Waals surface area contributed by atoms with Gasteiger partial charge in [-0.1, -0.05) is 45.6 Å². The van der Waals surface area contributed by atoms with Crippen LogP contribution >= 0.6 is 0 Å². The molecule has 7 nitrogen and oxygen atoms in total. The minimum atomic E-state index is -0.801. The van der Waals surface area contributed by atoms with Crippen LogP contribution in [0.25, 0.3) is 0 Å². The summed E-state index contributed by atoms with van der Waals surface area (Å²) in [6.45, 7) is 7.11. The van der Waals surface area contributed by atoms with Crippen LogP contribution in [0.15, 0.2) is 30.3 Å². The van der Waals surface area contributed by atoms with Crippen molar-refractivity contribution in [2.75, 3.05) is 43.2 Å². The largest absolute Gasteiger partial charge is 0.503 e. The summed E-state index contributed by atoms with van der Waals surface area (Å²) in [6.07, 6.45) is 9.73. The predicted octanol–water partition coefficient (Wildman–Crippen LogP) is 7.89. The monoisotopic (exact) mass is 614 g/mol. The van der Waals surface area contributed by atoms with Gasteiger partial charge in [0.2, 0.25) is 5.91 Å². The van der Waals surface area contributed by atoms with Crippen LogP contribution in [0.2, 0.25) is 0 Å². The Morgan fingerprint density at radius 2 is 1.64 bits per heavy atom. The Morgan fingerprint density at radius 1 is 0.977 bits per heavy atom. The molecule has 0 unspecified atom stereocenters. The van der Waals surface area contributed by atoms with E-state index in [1.807, 2.05) is 0 Å². The molecule has 9 heteroatoms. The Labute approximate surface area is 260 Å². The summed E-state index contributed by atoms with van der Waals surface area (Å²) in [5.41, 5.74) is 0.407. The fourth-order valence-electron chi connectivity index (χ4n) is 7.31. The lowest BCUT2D eigenvalue weighted by molar-refractivity contribution is -0.154. The third-order valence-electron chi connectivity index (χ3n) is 9.83. The van der Waals surface area contributed by atoms with E-state index in [2.05, 4.69) is 18.7 Å². The standard InChI is InChI=1S/C35H48F2N2O5/c1-4-6-19-43-31(44-20-7-5-2)21-24-13-17-38(18-14-24)29-23-30(42-3)25(22-27(29)37)33-35(15-8-9-16-35)34(41)39(33)28-12-10-11-26(36)32(28)40/h10-12,22-24,31,33,40H,4-9,13-21H2,1-3H3/t33-/m0/s1. The molecular formula is C35H48F2N2O5. The van der Waals surface area contributed by atoms with E-state index in [1.165, 1.54) is 23.1 Å². The Kier molecular flexibility index (Phi) is 10.7. The smallest absolute Gasteiger partial charge is 0.236 e. The van der Waals surface area contributed by atoms with Gasteiger partial charge in [0.05, 0.1) is 29.9 Å². The number of para-hydroxylation sites is 1. The van der Waals surface area contributed by atoms with Gasteiger partial charge in [0, 0.05) is 44.4 Å².